The van der Waals surface area contributed by atoms with Crippen LogP contribution in [0.15, 0.2) is 142 Å². The Bertz CT molecular complexity index is 1490. The summed E-state index contributed by atoms with van der Waals surface area (Å²) >= 11 is 19.4. The van der Waals surface area contributed by atoms with Gasteiger partial charge >= 0.3 is 0 Å². The molecule has 0 saturated heterocycles. The van der Waals surface area contributed by atoms with Crippen molar-refractivity contribution in [3.05, 3.63) is 133 Å². The number of rotatable bonds is 6. The lowest BCUT2D eigenvalue weighted by Gasteiger charge is -2.33. The van der Waals surface area contributed by atoms with E-state index in [1.807, 2.05) is 126 Å². The summed E-state index contributed by atoms with van der Waals surface area (Å²) in [4.78, 5) is 0. The van der Waals surface area contributed by atoms with Crippen LogP contribution >= 0.6 is 42.0 Å². The van der Waals surface area contributed by atoms with Crippen LogP contribution in [0.4, 0.5) is 11.4 Å². The van der Waals surface area contributed by atoms with E-state index in [1.54, 1.807) is 0 Å². The molecule has 5 nitrogen and oxygen atoms in total. The lowest BCUT2D eigenvalue weighted by molar-refractivity contribution is 0.813. The predicted molar refractivity (Wildman–Crippen MR) is 160 cm³/mol. The Morgan fingerprint density at radius 3 is 1.50 bits per heavy atom. The number of hydrogen-bond donors (Lipinski definition) is 1. The van der Waals surface area contributed by atoms with E-state index in [0.717, 1.165) is 22.0 Å². The number of benzene rings is 4. The van der Waals surface area contributed by atoms with Crippen molar-refractivity contribution in [3.63, 3.8) is 0 Å². The Kier molecular flexibility index (Phi) is 7.61. The molecule has 4 aromatic carbocycles. The Morgan fingerprint density at radius 2 is 1.11 bits per heavy atom. The molecule has 4 aromatic rings. The molecule has 188 valence electrons. The normalized spacial score (nSPS) is 14.6. The second-order valence-electron chi connectivity index (χ2n) is 8.27. The first kappa shape index (κ1) is 26.1. The molecule has 0 atom stereocenters. The fourth-order valence-corrected chi connectivity index (χ4v) is 7.64. The number of nitrogens with one attached hydrogen (secondary N) is 1. The van der Waals surface area contributed by atoms with E-state index < -0.39 is 11.0 Å². The van der Waals surface area contributed by atoms with Crippen molar-refractivity contribution in [1.82, 2.24) is 5.43 Å². The van der Waals surface area contributed by atoms with Gasteiger partial charge in [0, 0.05) is 10.6 Å². The van der Waals surface area contributed by atoms with Crippen LogP contribution in [0.25, 0.3) is 0 Å². The largest absolute Gasteiger partial charge is 0.276 e. The van der Waals surface area contributed by atoms with Crippen LogP contribution in [0.1, 0.15) is 0 Å². The molecule has 5 rings (SSSR count). The van der Waals surface area contributed by atoms with Gasteiger partial charge in [0.2, 0.25) is 3.79 Å². The molecule has 1 aliphatic heterocycles. The number of anilines is 2. The average Bonchev–Trinajstić information content (AvgIpc) is 2.96. The van der Waals surface area contributed by atoms with Crippen LogP contribution in [0, 0.1) is 11.3 Å². The Morgan fingerprint density at radius 1 is 0.684 bits per heavy atom. The topological polar surface area (TPSA) is 63.8 Å². The van der Waals surface area contributed by atoms with E-state index in [-0.39, 0.29) is 17.1 Å². The maximum atomic E-state index is 10.3. The molecule has 0 amide bonds. The first-order valence-corrected chi connectivity index (χ1v) is 14.5. The molecule has 1 heterocycles. The van der Waals surface area contributed by atoms with Gasteiger partial charge in [0.15, 0.2) is 5.82 Å². The van der Waals surface area contributed by atoms with Gasteiger partial charge in [-0.15, -0.1) is 0 Å². The Balaban J connectivity index is 1.81. The van der Waals surface area contributed by atoms with Gasteiger partial charge in [0.05, 0.1) is 11.4 Å². The maximum Gasteiger partial charge on any atom is 0.234 e. The van der Waals surface area contributed by atoms with E-state index in [9.17, 15) is 5.26 Å². The molecule has 0 aliphatic carbocycles. The first-order valence-electron chi connectivity index (χ1n) is 11.6. The summed E-state index contributed by atoms with van der Waals surface area (Å²) in [5.41, 5.74) is 5.15. The van der Waals surface area contributed by atoms with Crippen molar-refractivity contribution >= 4 is 69.7 Å². The number of nitriles is 1. The molecule has 0 unspecified atom stereocenters. The van der Waals surface area contributed by atoms with Crippen molar-refractivity contribution in [2.75, 3.05) is 5.01 Å². The van der Waals surface area contributed by atoms with Gasteiger partial charge in [-0.2, -0.15) is 5.26 Å². The SMILES string of the molecule is N#CC1=C(NN(c2ccccc2)c2ccccc2)N=P(c2ccccc2)(c2ccccc2)N=C1C(Cl)(Cl)Cl. The molecule has 0 bridgehead atoms. The van der Waals surface area contributed by atoms with E-state index >= 15 is 0 Å². The van der Waals surface area contributed by atoms with Gasteiger partial charge in [-0.1, -0.05) is 132 Å². The van der Waals surface area contributed by atoms with Gasteiger partial charge < -0.3 is 0 Å². The number of hydrazine groups is 1. The van der Waals surface area contributed by atoms with Crippen molar-refractivity contribution in [1.29, 1.82) is 5.26 Å². The number of allylic oxidation sites excluding steroid dienone is 1. The van der Waals surface area contributed by atoms with Gasteiger partial charge in [0.25, 0.3) is 0 Å². The lowest BCUT2D eigenvalue weighted by atomic mass is 10.2. The van der Waals surface area contributed by atoms with Crippen molar-refractivity contribution in [3.8, 4) is 6.07 Å². The van der Waals surface area contributed by atoms with E-state index in [0.29, 0.717) is 0 Å². The van der Waals surface area contributed by atoms with Gasteiger partial charge in [0.1, 0.15) is 24.6 Å². The van der Waals surface area contributed by atoms with Crippen LogP contribution in [-0.4, -0.2) is 9.50 Å². The highest BCUT2D eigenvalue weighted by Gasteiger charge is 2.40. The minimum absolute atomic E-state index is 0.0459. The summed E-state index contributed by atoms with van der Waals surface area (Å²) in [5, 5.41) is 13.9. The monoisotopic (exact) mass is 575 g/mol. The molecule has 0 saturated carbocycles. The van der Waals surface area contributed by atoms with Crippen LogP contribution < -0.4 is 21.0 Å². The number of hydrogen-bond acceptors (Lipinski definition) is 5. The minimum atomic E-state index is -2.93. The third-order valence-electron chi connectivity index (χ3n) is 5.82. The number of nitrogens with zero attached hydrogens (tertiary/aromatic N) is 4. The van der Waals surface area contributed by atoms with Crippen LogP contribution in [-0.2, 0) is 0 Å². The molecule has 9 heteroatoms. The Labute approximate surface area is 236 Å². The second kappa shape index (κ2) is 11.1. The average molecular weight is 577 g/mol. The summed E-state index contributed by atoms with van der Waals surface area (Å²) in [6, 6.07) is 41.0. The van der Waals surface area contributed by atoms with Crippen molar-refractivity contribution in [2.45, 2.75) is 3.79 Å². The van der Waals surface area contributed by atoms with Crippen LogP contribution in [0.5, 0.6) is 0 Å². The van der Waals surface area contributed by atoms with Crippen LogP contribution in [0.2, 0.25) is 0 Å². The van der Waals surface area contributed by atoms with Crippen molar-refractivity contribution < 1.29 is 0 Å². The van der Waals surface area contributed by atoms with E-state index in [2.05, 4.69) is 11.5 Å². The molecular formula is C29H21Cl3N5P. The highest BCUT2D eigenvalue weighted by Crippen LogP contribution is 2.55. The van der Waals surface area contributed by atoms with Gasteiger partial charge in [-0.05, 0) is 24.3 Å². The predicted octanol–water partition coefficient (Wildman–Crippen LogP) is 7.66. The van der Waals surface area contributed by atoms with E-state index in [1.165, 1.54) is 0 Å². The lowest BCUT2D eigenvalue weighted by Crippen LogP contribution is -2.37. The summed E-state index contributed by atoms with van der Waals surface area (Å²) in [6.07, 6.45) is 0. The molecule has 0 radical (unpaired) electrons. The van der Waals surface area contributed by atoms with Crippen LogP contribution in [0.3, 0.4) is 0 Å². The third kappa shape index (κ3) is 5.23. The zero-order chi connectivity index (χ0) is 26.6. The maximum absolute atomic E-state index is 10.3. The molecule has 1 aliphatic rings. The number of para-hydroxylation sites is 2. The fraction of sp³-hybridized carbons (Fsp3) is 0.0345. The molecule has 0 spiro atoms. The summed E-state index contributed by atoms with van der Waals surface area (Å²) in [7, 11) is -2.93. The third-order valence-corrected chi connectivity index (χ3v) is 9.37. The molecular weight excluding hydrogens is 556 g/mol. The van der Waals surface area contributed by atoms with E-state index in [4.69, 9.17) is 44.3 Å². The highest BCUT2D eigenvalue weighted by molar-refractivity contribution is 7.80. The fourth-order valence-electron chi connectivity index (χ4n) is 4.10. The number of halogens is 3. The molecule has 1 N–H and O–H groups in total. The Hall–Kier alpha value is -3.52. The standard InChI is InChI=1S/C29H21Cl3N5P/c30-29(31,32)27-26(21-33)28(34-37(22-13-5-1-6-14-22)23-15-7-2-8-16-23)36-38(35-27,24-17-9-3-10-18-24)25-19-11-4-12-20-25/h1-20,34H. The summed E-state index contributed by atoms with van der Waals surface area (Å²) < 4.78 is 8.25. The summed E-state index contributed by atoms with van der Waals surface area (Å²) in [6.45, 7) is 0. The molecule has 0 aromatic heterocycles. The smallest absolute Gasteiger partial charge is 0.234 e. The number of alkyl halides is 3. The van der Waals surface area contributed by atoms with Gasteiger partial charge in [-0.3, -0.25) is 10.4 Å². The quantitative estimate of drug-likeness (QED) is 0.146. The van der Waals surface area contributed by atoms with Gasteiger partial charge in [-0.25, -0.2) is 9.51 Å². The second-order valence-corrected chi connectivity index (χ2v) is 13.2. The summed E-state index contributed by atoms with van der Waals surface area (Å²) in [5.74, 6) is 0.262. The zero-order valence-corrected chi connectivity index (χ0v) is 23.1. The minimum Gasteiger partial charge on any atom is -0.276 e. The first-order chi connectivity index (χ1) is 18.4. The molecule has 0 fully saturated rings. The molecule has 38 heavy (non-hydrogen) atoms. The zero-order valence-electron chi connectivity index (χ0n) is 19.9. The van der Waals surface area contributed by atoms with Crippen molar-refractivity contribution in [2.24, 2.45) is 9.51 Å². The highest BCUT2D eigenvalue weighted by atomic mass is 35.6.